The lowest BCUT2D eigenvalue weighted by molar-refractivity contribution is 0.683. The lowest BCUT2D eigenvalue weighted by atomic mass is 10.1. The third-order valence-electron chi connectivity index (χ3n) is 3.46. The van der Waals surface area contributed by atoms with Gasteiger partial charge in [0.05, 0.1) is 11.2 Å². The Morgan fingerprint density at radius 2 is 2.30 bits per heavy atom. The van der Waals surface area contributed by atoms with Gasteiger partial charge in [-0.1, -0.05) is 11.6 Å². The van der Waals surface area contributed by atoms with Gasteiger partial charge in [-0.25, -0.2) is 0 Å². The fourth-order valence-corrected chi connectivity index (χ4v) is 2.72. The summed E-state index contributed by atoms with van der Waals surface area (Å²) in [5, 5.41) is 6.81. The minimum absolute atomic E-state index is 0.908. The van der Waals surface area contributed by atoms with Gasteiger partial charge < -0.3 is 10.6 Å². The van der Waals surface area contributed by atoms with Gasteiger partial charge in [-0.05, 0) is 47.4 Å². The number of rotatable bonds is 4. The molecule has 0 amide bonds. The Kier molecular flexibility index (Phi) is 4.28. The molecule has 1 aliphatic heterocycles. The van der Waals surface area contributed by atoms with E-state index in [4.69, 9.17) is 0 Å². The number of aromatic nitrogens is 2. The van der Waals surface area contributed by atoms with Gasteiger partial charge in [0.2, 0.25) is 0 Å². The largest absolute Gasteiger partial charge is 0.383 e. The van der Waals surface area contributed by atoms with Gasteiger partial charge in [-0.3, -0.25) is 9.97 Å². The molecule has 0 saturated heterocycles. The van der Waals surface area contributed by atoms with Gasteiger partial charge in [0.25, 0.3) is 0 Å². The standard InChI is InChI=1S/C15H17BrN4/c16-12-9-14-15(20-10-12)13(4-8-19-14)18-7-3-11-1-5-17-6-2-11/h1,4,8-10,17H,2-3,5-7H2,(H,18,19). The molecule has 20 heavy (non-hydrogen) atoms. The number of hydrogen-bond acceptors (Lipinski definition) is 4. The summed E-state index contributed by atoms with van der Waals surface area (Å²) in [6, 6.07) is 3.98. The van der Waals surface area contributed by atoms with Crippen LogP contribution < -0.4 is 10.6 Å². The molecule has 5 heteroatoms. The molecule has 2 N–H and O–H groups in total. The Labute approximate surface area is 126 Å². The molecule has 2 aromatic heterocycles. The molecule has 0 atom stereocenters. The van der Waals surface area contributed by atoms with Crippen molar-refractivity contribution in [2.75, 3.05) is 25.0 Å². The van der Waals surface area contributed by atoms with Crippen LogP contribution in [0.4, 0.5) is 5.69 Å². The molecule has 0 bridgehead atoms. The normalized spacial score (nSPS) is 15.2. The van der Waals surface area contributed by atoms with E-state index in [-0.39, 0.29) is 0 Å². The molecule has 104 valence electrons. The maximum atomic E-state index is 4.45. The zero-order chi connectivity index (χ0) is 13.8. The summed E-state index contributed by atoms with van der Waals surface area (Å²) in [7, 11) is 0. The molecule has 0 radical (unpaired) electrons. The molecule has 0 fully saturated rings. The van der Waals surface area contributed by atoms with E-state index in [1.165, 1.54) is 5.57 Å². The molecule has 3 rings (SSSR count). The number of anilines is 1. The first-order valence-electron chi connectivity index (χ1n) is 6.86. The molecule has 2 aromatic rings. The predicted molar refractivity (Wildman–Crippen MR) is 85.9 cm³/mol. The first kappa shape index (κ1) is 13.5. The molecule has 0 saturated carbocycles. The predicted octanol–water partition coefficient (Wildman–Crippen LogP) is 3.11. The van der Waals surface area contributed by atoms with Crippen LogP contribution in [0.25, 0.3) is 11.0 Å². The maximum Gasteiger partial charge on any atom is 0.112 e. The Balaban J connectivity index is 1.69. The van der Waals surface area contributed by atoms with E-state index in [9.17, 15) is 0 Å². The lowest BCUT2D eigenvalue weighted by Crippen LogP contribution is -2.21. The highest BCUT2D eigenvalue weighted by atomic mass is 79.9. The van der Waals surface area contributed by atoms with E-state index in [2.05, 4.69) is 42.6 Å². The molecule has 0 unspecified atom stereocenters. The Hall–Kier alpha value is -1.46. The highest BCUT2D eigenvalue weighted by Gasteiger charge is 2.05. The van der Waals surface area contributed by atoms with Gasteiger partial charge in [-0.2, -0.15) is 0 Å². The molecule has 0 aliphatic carbocycles. The lowest BCUT2D eigenvalue weighted by Gasteiger charge is -2.15. The Morgan fingerprint density at radius 1 is 1.35 bits per heavy atom. The first-order chi connectivity index (χ1) is 9.83. The van der Waals surface area contributed by atoms with Crippen LogP contribution >= 0.6 is 15.9 Å². The third kappa shape index (κ3) is 3.16. The molecule has 3 heterocycles. The monoisotopic (exact) mass is 332 g/mol. The van der Waals surface area contributed by atoms with Gasteiger partial charge in [0, 0.05) is 30.0 Å². The van der Waals surface area contributed by atoms with Crippen molar-refractivity contribution in [1.82, 2.24) is 15.3 Å². The van der Waals surface area contributed by atoms with Crippen LogP contribution in [0, 0.1) is 0 Å². The van der Waals surface area contributed by atoms with Crippen molar-refractivity contribution in [1.29, 1.82) is 0 Å². The SMILES string of the molecule is Brc1cnc2c(NCCC3=CCNCC3)ccnc2c1. The van der Waals surface area contributed by atoms with E-state index in [0.717, 1.165) is 53.7 Å². The highest BCUT2D eigenvalue weighted by Crippen LogP contribution is 2.22. The van der Waals surface area contributed by atoms with E-state index < -0.39 is 0 Å². The summed E-state index contributed by atoms with van der Waals surface area (Å²) in [5.41, 5.74) is 4.42. The van der Waals surface area contributed by atoms with Crippen molar-refractivity contribution in [2.45, 2.75) is 12.8 Å². The van der Waals surface area contributed by atoms with Gasteiger partial charge in [0.15, 0.2) is 0 Å². The zero-order valence-electron chi connectivity index (χ0n) is 11.2. The fraction of sp³-hybridized carbons (Fsp3) is 0.333. The average molecular weight is 333 g/mol. The summed E-state index contributed by atoms with van der Waals surface area (Å²) < 4.78 is 0.953. The number of pyridine rings is 2. The summed E-state index contributed by atoms with van der Waals surface area (Å²) in [6.07, 6.45) is 8.17. The summed E-state index contributed by atoms with van der Waals surface area (Å²) in [4.78, 5) is 8.80. The number of nitrogens with zero attached hydrogens (tertiary/aromatic N) is 2. The molecule has 1 aliphatic rings. The first-order valence-corrected chi connectivity index (χ1v) is 7.65. The van der Waals surface area contributed by atoms with E-state index in [1.807, 2.05) is 24.5 Å². The zero-order valence-corrected chi connectivity index (χ0v) is 12.8. The topological polar surface area (TPSA) is 49.8 Å². The van der Waals surface area contributed by atoms with Gasteiger partial charge >= 0.3 is 0 Å². The highest BCUT2D eigenvalue weighted by molar-refractivity contribution is 9.10. The summed E-state index contributed by atoms with van der Waals surface area (Å²) >= 11 is 3.43. The number of halogens is 1. The Bertz CT molecular complexity index is 639. The maximum absolute atomic E-state index is 4.45. The second-order valence-corrected chi connectivity index (χ2v) is 5.79. The number of fused-ring (bicyclic) bond motifs is 1. The van der Waals surface area contributed by atoms with Crippen molar-refractivity contribution in [3.05, 3.63) is 40.6 Å². The van der Waals surface area contributed by atoms with Crippen LogP contribution in [-0.2, 0) is 0 Å². The summed E-state index contributed by atoms with van der Waals surface area (Å²) in [6.45, 7) is 3.03. The molecule has 0 spiro atoms. The minimum Gasteiger partial charge on any atom is -0.383 e. The van der Waals surface area contributed by atoms with Crippen molar-refractivity contribution in [3.63, 3.8) is 0 Å². The number of nitrogens with one attached hydrogen (secondary N) is 2. The van der Waals surface area contributed by atoms with Crippen molar-refractivity contribution >= 4 is 32.7 Å². The van der Waals surface area contributed by atoms with Gasteiger partial charge in [0.1, 0.15) is 5.52 Å². The van der Waals surface area contributed by atoms with Crippen molar-refractivity contribution in [2.24, 2.45) is 0 Å². The van der Waals surface area contributed by atoms with E-state index >= 15 is 0 Å². The smallest absolute Gasteiger partial charge is 0.112 e. The fourth-order valence-electron chi connectivity index (χ4n) is 2.40. The van der Waals surface area contributed by atoms with E-state index in [0.29, 0.717) is 0 Å². The summed E-state index contributed by atoms with van der Waals surface area (Å²) in [5.74, 6) is 0. The molecular weight excluding hydrogens is 316 g/mol. The number of hydrogen-bond donors (Lipinski definition) is 2. The second-order valence-electron chi connectivity index (χ2n) is 4.87. The second kappa shape index (κ2) is 6.33. The van der Waals surface area contributed by atoms with Crippen LogP contribution in [0.5, 0.6) is 0 Å². The van der Waals surface area contributed by atoms with Crippen LogP contribution in [-0.4, -0.2) is 29.6 Å². The average Bonchev–Trinajstić information content (AvgIpc) is 2.48. The van der Waals surface area contributed by atoms with Crippen LogP contribution in [0.15, 0.2) is 40.6 Å². The van der Waals surface area contributed by atoms with Crippen molar-refractivity contribution in [3.8, 4) is 0 Å². The minimum atomic E-state index is 0.908. The van der Waals surface area contributed by atoms with Gasteiger partial charge in [-0.15, -0.1) is 0 Å². The van der Waals surface area contributed by atoms with Crippen molar-refractivity contribution < 1.29 is 0 Å². The molecular formula is C15H17BrN4. The van der Waals surface area contributed by atoms with Crippen LogP contribution in [0.1, 0.15) is 12.8 Å². The van der Waals surface area contributed by atoms with Crippen LogP contribution in [0.2, 0.25) is 0 Å². The molecule has 4 nitrogen and oxygen atoms in total. The third-order valence-corrected chi connectivity index (χ3v) is 3.90. The Morgan fingerprint density at radius 3 is 3.15 bits per heavy atom. The molecule has 0 aromatic carbocycles. The quantitative estimate of drug-likeness (QED) is 0.844. The van der Waals surface area contributed by atoms with E-state index in [1.54, 1.807) is 0 Å². The van der Waals surface area contributed by atoms with Crippen LogP contribution in [0.3, 0.4) is 0 Å².